The lowest BCUT2D eigenvalue weighted by Gasteiger charge is -2.45. The van der Waals surface area contributed by atoms with Crippen molar-refractivity contribution >= 4 is 66.4 Å². The average molecular weight is 1320 g/mol. The fourth-order valence-corrected chi connectivity index (χ4v) is 20.3. The van der Waals surface area contributed by atoms with E-state index in [0.29, 0.717) is 74.9 Å². The van der Waals surface area contributed by atoms with Crippen LogP contribution in [0.2, 0.25) is 10.0 Å². The molecule has 2 fully saturated rings. The van der Waals surface area contributed by atoms with Crippen LogP contribution in [0.15, 0.2) is 158 Å². The van der Waals surface area contributed by atoms with E-state index in [1.54, 1.807) is 60.7 Å². The van der Waals surface area contributed by atoms with E-state index in [1.807, 2.05) is 86.7 Å². The summed E-state index contributed by atoms with van der Waals surface area (Å²) in [5.41, 5.74) is 7.75. The Kier molecular flexibility index (Phi) is 18.3. The second kappa shape index (κ2) is 26.3. The van der Waals surface area contributed by atoms with Crippen LogP contribution in [0.25, 0.3) is 0 Å². The van der Waals surface area contributed by atoms with E-state index in [-0.39, 0.29) is 57.5 Å². The standard InChI is InChI=1S/2C37H41ClN2O5S/c2*1-24-7-5-11-33(41)30-15-12-28(30)21-40-22-37(18-6-10-26-19-29(38)14-16-31(26)37)23-45-34-17-13-27(20-32(34)40)36(42)39-46(43,44)35(24)25-8-3-2-4-9-25/h2*2-5,8-9,11,13-14,16-17,19-20,24,28,30,33,35,41H,6-7,10,12,15,18,21-23H2,1H3,(H,39,42)/b2*11-5+/t24-,28-,30+,33-,35+,37-;24-,28-,30+,33-,35-,37-/m00/s1. The van der Waals surface area contributed by atoms with Crippen molar-refractivity contribution in [3.63, 3.8) is 0 Å². The van der Waals surface area contributed by atoms with Gasteiger partial charge in [0.05, 0.1) is 36.8 Å². The van der Waals surface area contributed by atoms with E-state index >= 15 is 0 Å². The van der Waals surface area contributed by atoms with Gasteiger partial charge < -0.3 is 29.5 Å². The predicted molar refractivity (Wildman–Crippen MR) is 362 cm³/mol. The summed E-state index contributed by atoms with van der Waals surface area (Å²) in [7, 11) is -8.25. The van der Waals surface area contributed by atoms with E-state index in [2.05, 4.69) is 43.5 Å². The van der Waals surface area contributed by atoms with Crippen LogP contribution in [0.1, 0.15) is 143 Å². The van der Waals surface area contributed by atoms with E-state index in [0.717, 1.165) is 85.6 Å². The first-order valence-corrected chi connectivity index (χ1v) is 36.6. The summed E-state index contributed by atoms with van der Waals surface area (Å²) < 4.78 is 73.7. The second-order valence-electron chi connectivity index (χ2n) is 27.5. The van der Waals surface area contributed by atoms with Crippen LogP contribution < -0.4 is 28.7 Å². The van der Waals surface area contributed by atoms with Crippen LogP contribution in [-0.4, -0.2) is 90.5 Å². The fraction of sp³-hybridized carbons (Fsp3) is 0.432. The Morgan fingerprint density at radius 2 is 0.946 bits per heavy atom. The van der Waals surface area contributed by atoms with Crippen molar-refractivity contribution in [3.05, 3.63) is 212 Å². The average Bonchev–Trinajstić information content (AvgIpc) is 1.49. The number of benzene rings is 6. The molecule has 14 rings (SSSR count). The lowest BCUT2D eigenvalue weighted by atomic mass is 9.68. The molecule has 484 valence electrons. The lowest BCUT2D eigenvalue weighted by molar-refractivity contribution is 0.0454. The molecule has 2 saturated carbocycles. The molecule has 4 aliphatic heterocycles. The fourth-order valence-electron chi connectivity index (χ4n) is 16.4. The summed E-state index contributed by atoms with van der Waals surface area (Å²) >= 11 is 12.8. The van der Waals surface area contributed by atoms with Crippen molar-refractivity contribution in [2.24, 2.45) is 35.5 Å². The maximum Gasteiger partial charge on any atom is 0.264 e. The first-order valence-electron chi connectivity index (χ1n) is 32.8. The number of hydrogen-bond acceptors (Lipinski definition) is 12. The summed E-state index contributed by atoms with van der Waals surface area (Å²) in [6, 6.07) is 40.8. The zero-order valence-electron chi connectivity index (χ0n) is 52.1. The number of hydrogen-bond donors (Lipinski definition) is 4. The third-order valence-corrected chi connectivity index (χ3v) is 25.7. The highest BCUT2D eigenvalue weighted by Gasteiger charge is 2.47. The second-order valence-corrected chi connectivity index (χ2v) is 31.9. The summed E-state index contributed by atoms with van der Waals surface area (Å²) in [5.74, 6) is 0.0483. The van der Waals surface area contributed by atoms with Crippen molar-refractivity contribution in [2.45, 2.75) is 124 Å². The number of aliphatic hydroxyl groups is 2. The van der Waals surface area contributed by atoms with Crippen LogP contribution in [0.3, 0.4) is 0 Å². The Balaban J connectivity index is 0.000000168. The topological polar surface area (TPSA) is 192 Å². The van der Waals surface area contributed by atoms with Gasteiger partial charge in [-0.1, -0.05) is 134 Å². The zero-order chi connectivity index (χ0) is 64.1. The van der Waals surface area contributed by atoms with Crippen molar-refractivity contribution in [1.82, 2.24) is 9.44 Å². The van der Waals surface area contributed by atoms with Crippen LogP contribution >= 0.6 is 23.2 Å². The highest BCUT2D eigenvalue weighted by atomic mass is 35.5. The van der Waals surface area contributed by atoms with Gasteiger partial charge in [-0.25, -0.2) is 26.3 Å². The number of ether oxygens (including phenoxy) is 2. The number of sulfonamides is 2. The molecular formula is C74H82Cl2N4O10S2. The SMILES string of the molecule is C[C@H]1C/C=C/[C@H](O)[C@@H]2CC[C@H]2CN2C[C@@]3(CCCc4cc(Cl)ccc43)COc3ccc(cc32)C(=O)NS(=O)(=O)[C@@H]1c1ccccc1.C[C@H]1C/C=C/[C@H](O)[C@@H]2CC[C@H]2CN2C[C@@]3(CCCc4cc(Cl)ccc43)COc3ccc(cc32)C(=O)NS(=O)(=O)[C@H]1c1ccccc1. The Morgan fingerprint density at radius 1 is 0.533 bits per heavy atom. The van der Waals surface area contributed by atoms with Gasteiger partial charge in [-0.2, -0.15) is 0 Å². The van der Waals surface area contributed by atoms with Crippen LogP contribution in [-0.2, 0) is 43.7 Å². The largest absolute Gasteiger partial charge is 0.490 e. The monoisotopic (exact) mass is 1320 g/mol. The maximum atomic E-state index is 13.9. The number of amides is 2. The summed E-state index contributed by atoms with van der Waals surface area (Å²) in [6.45, 7) is 7.49. The van der Waals surface area contributed by atoms with Gasteiger partial charge in [0, 0.05) is 58.2 Å². The molecule has 12 atom stereocenters. The number of aliphatic hydroxyl groups excluding tert-OH is 2. The number of nitrogens with zero attached hydrogens (tertiary/aromatic N) is 2. The Morgan fingerprint density at radius 3 is 1.34 bits per heavy atom. The molecule has 92 heavy (non-hydrogen) atoms. The quantitative estimate of drug-likeness (QED) is 0.120. The molecule has 4 bridgehead atoms. The van der Waals surface area contributed by atoms with Gasteiger partial charge in [-0.3, -0.25) is 9.59 Å². The summed E-state index contributed by atoms with van der Waals surface area (Å²) in [6.07, 6.45) is 16.9. The zero-order valence-corrected chi connectivity index (χ0v) is 55.3. The van der Waals surface area contributed by atoms with E-state index in [4.69, 9.17) is 32.7 Å². The van der Waals surface area contributed by atoms with Gasteiger partial charge in [0.25, 0.3) is 11.8 Å². The highest BCUT2D eigenvalue weighted by Crippen LogP contribution is 2.50. The van der Waals surface area contributed by atoms with E-state index in [9.17, 15) is 36.6 Å². The molecule has 6 aromatic rings. The molecule has 4 heterocycles. The van der Waals surface area contributed by atoms with Gasteiger partial charge in [-0.15, -0.1) is 0 Å². The van der Waals surface area contributed by atoms with Gasteiger partial charge in [-0.05, 0) is 207 Å². The first-order chi connectivity index (χ1) is 44.3. The minimum absolute atomic E-state index is 0.0978. The molecule has 4 N–H and O–H groups in total. The molecule has 6 aromatic carbocycles. The normalized spacial score (nSPS) is 31.3. The molecule has 14 nitrogen and oxygen atoms in total. The maximum absolute atomic E-state index is 13.9. The van der Waals surface area contributed by atoms with E-state index in [1.165, 1.54) is 22.3 Å². The van der Waals surface area contributed by atoms with E-state index < -0.39 is 54.6 Å². The van der Waals surface area contributed by atoms with Crippen LogP contribution in [0, 0.1) is 35.5 Å². The van der Waals surface area contributed by atoms with Gasteiger partial charge in [0.2, 0.25) is 20.0 Å². The molecule has 0 unspecified atom stereocenters. The van der Waals surface area contributed by atoms with Gasteiger partial charge in [0.1, 0.15) is 22.0 Å². The summed E-state index contributed by atoms with van der Waals surface area (Å²) in [4.78, 5) is 32.1. The first kappa shape index (κ1) is 64.1. The van der Waals surface area contributed by atoms with Gasteiger partial charge >= 0.3 is 0 Å². The van der Waals surface area contributed by atoms with Crippen LogP contribution in [0.4, 0.5) is 11.4 Å². The minimum Gasteiger partial charge on any atom is -0.490 e. The molecule has 2 spiro atoms. The van der Waals surface area contributed by atoms with Crippen molar-refractivity contribution < 1.29 is 46.1 Å². The van der Waals surface area contributed by atoms with Crippen molar-refractivity contribution in [1.29, 1.82) is 0 Å². The third-order valence-electron chi connectivity index (χ3n) is 21.4. The Bertz CT molecular complexity index is 3780. The Labute approximate surface area is 551 Å². The Hall–Kier alpha value is -6.66. The number of carbonyl (C=O) groups excluding carboxylic acids is 2. The molecule has 2 amide bonds. The number of halogens is 2. The molecule has 8 aliphatic rings. The number of allylic oxidation sites excluding steroid dienone is 2. The number of fused-ring (bicyclic) bond motifs is 8. The van der Waals surface area contributed by atoms with Crippen molar-refractivity contribution in [3.8, 4) is 11.5 Å². The lowest BCUT2D eigenvalue weighted by Crippen LogP contribution is -2.49. The number of nitrogens with one attached hydrogen (secondary N) is 2. The number of rotatable bonds is 2. The molecule has 0 saturated heterocycles. The number of carbonyl (C=O) groups is 2. The smallest absolute Gasteiger partial charge is 0.264 e. The van der Waals surface area contributed by atoms with Crippen LogP contribution in [0.5, 0.6) is 11.5 Å². The summed E-state index contributed by atoms with van der Waals surface area (Å²) in [5, 5.41) is 22.2. The predicted octanol–water partition coefficient (Wildman–Crippen LogP) is 13.2. The molecule has 0 radical (unpaired) electrons. The highest BCUT2D eigenvalue weighted by molar-refractivity contribution is 7.90. The molecular weight excluding hydrogens is 1240 g/mol. The minimum atomic E-state index is -4.13. The molecule has 4 aliphatic carbocycles. The third kappa shape index (κ3) is 12.9. The number of anilines is 2. The molecule has 0 aromatic heterocycles. The van der Waals surface area contributed by atoms with Gasteiger partial charge in [0.15, 0.2) is 0 Å². The number of aryl methyl sites for hydroxylation is 2. The molecule has 18 heteroatoms. The van der Waals surface area contributed by atoms with Crippen molar-refractivity contribution in [2.75, 3.05) is 49.2 Å².